The Labute approximate surface area is 156 Å². The maximum atomic E-state index is 12.6. The van der Waals surface area contributed by atoms with Gasteiger partial charge >= 0.3 is 12.2 Å². The largest absolute Gasteiger partial charge is 0.454 e. The van der Waals surface area contributed by atoms with Gasteiger partial charge in [0, 0.05) is 12.6 Å². The number of alkyl halides is 3. The molecule has 0 spiro atoms. The average Bonchev–Trinajstić information content (AvgIpc) is 3.07. The van der Waals surface area contributed by atoms with Crippen LogP contribution in [0, 0.1) is 11.8 Å². The number of nitrogens with one attached hydrogen (secondary N) is 1. The molecule has 1 aromatic carbocycles. The number of amides is 2. The van der Waals surface area contributed by atoms with Crippen molar-refractivity contribution in [3.63, 3.8) is 0 Å². The van der Waals surface area contributed by atoms with E-state index in [1.807, 2.05) is 11.4 Å². The van der Waals surface area contributed by atoms with Gasteiger partial charge in [-0.05, 0) is 36.0 Å². The summed E-state index contributed by atoms with van der Waals surface area (Å²) >= 11 is 0. The first-order valence-electron chi connectivity index (χ1n) is 9.24. The molecule has 1 heterocycles. The van der Waals surface area contributed by atoms with Gasteiger partial charge in [0.1, 0.15) is 6.54 Å². The summed E-state index contributed by atoms with van der Waals surface area (Å²) in [5.74, 6) is 1.85. The first-order chi connectivity index (χ1) is 12.7. The number of rotatable bonds is 4. The lowest BCUT2D eigenvalue weighted by Gasteiger charge is -2.41. The van der Waals surface area contributed by atoms with Crippen LogP contribution in [0.4, 0.5) is 18.0 Å². The molecular formula is C19H25F3N2O3. The first kappa shape index (κ1) is 19.6. The molecule has 1 aromatic rings. The van der Waals surface area contributed by atoms with Crippen molar-refractivity contribution in [2.24, 2.45) is 11.8 Å². The number of nitrogens with zero attached hydrogens (tertiary/aromatic N) is 1. The van der Waals surface area contributed by atoms with Crippen LogP contribution in [0.5, 0.6) is 11.5 Å². The summed E-state index contributed by atoms with van der Waals surface area (Å²) in [6, 6.07) is 4.57. The Morgan fingerprint density at radius 2 is 1.96 bits per heavy atom. The Morgan fingerprint density at radius 3 is 2.70 bits per heavy atom. The predicted octanol–water partition coefficient (Wildman–Crippen LogP) is 4.31. The van der Waals surface area contributed by atoms with Gasteiger partial charge in [0.05, 0.1) is 0 Å². The lowest BCUT2D eigenvalue weighted by atomic mass is 9.77. The summed E-state index contributed by atoms with van der Waals surface area (Å²) in [5.41, 5.74) is 0.798. The number of hydrogen-bond acceptors (Lipinski definition) is 3. The Hall–Kier alpha value is -2.12. The Bertz CT molecular complexity index is 681. The first-order valence-corrected chi connectivity index (χ1v) is 9.24. The van der Waals surface area contributed by atoms with Gasteiger partial charge < -0.3 is 19.7 Å². The molecule has 5 nitrogen and oxygen atoms in total. The highest BCUT2D eigenvalue weighted by Crippen LogP contribution is 2.36. The van der Waals surface area contributed by atoms with Crippen LogP contribution in [0.15, 0.2) is 18.2 Å². The molecular weight excluding hydrogens is 361 g/mol. The molecule has 1 N–H and O–H groups in total. The van der Waals surface area contributed by atoms with Gasteiger partial charge in [-0.2, -0.15) is 13.2 Å². The number of urea groups is 1. The van der Waals surface area contributed by atoms with E-state index in [1.165, 1.54) is 0 Å². The number of fused-ring (bicyclic) bond motifs is 1. The van der Waals surface area contributed by atoms with Crippen LogP contribution in [-0.4, -0.2) is 36.5 Å². The van der Waals surface area contributed by atoms with E-state index in [2.05, 4.69) is 13.8 Å². The van der Waals surface area contributed by atoms with Crippen LogP contribution in [-0.2, 0) is 6.54 Å². The minimum absolute atomic E-state index is 0.104. The van der Waals surface area contributed by atoms with Crippen molar-refractivity contribution in [3.8, 4) is 11.5 Å². The van der Waals surface area contributed by atoms with Crippen LogP contribution < -0.4 is 14.8 Å². The average molecular weight is 386 g/mol. The summed E-state index contributed by atoms with van der Waals surface area (Å²) < 4.78 is 48.4. The standard InChI is InChI=1S/C19H25F3N2O3/c1-12-4-3-5-15(13(12)2)24(18(25)23-10-19(20,21)22)9-14-6-7-16-17(8-14)27-11-26-16/h6-8,12-13,15H,3-5,9-11H2,1-2H3,(H,23,25)/t12-,13-,15+/m1/s1. The fourth-order valence-electron chi connectivity index (χ4n) is 3.85. The van der Waals surface area contributed by atoms with Crippen molar-refractivity contribution in [2.75, 3.05) is 13.3 Å². The zero-order chi connectivity index (χ0) is 19.6. The third-order valence-corrected chi connectivity index (χ3v) is 5.55. The topological polar surface area (TPSA) is 50.8 Å². The molecule has 1 aliphatic carbocycles. The van der Waals surface area contributed by atoms with Gasteiger partial charge in [0.15, 0.2) is 11.5 Å². The molecule has 1 saturated carbocycles. The Balaban J connectivity index is 1.79. The summed E-state index contributed by atoms with van der Waals surface area (Å²) in [4.78, 5) is 14.2. The predicted molar refractivity (Wildman–Crippen MR) is 93.5 cm³/mol. The molecule has 0 unspecified atom stereocenters. The zero-order valence-electron chi connectivity index (χ0n) is 15.5. The normalized spacial score (nSPS) is 24.6. The van der Waals surface area contributed by atoms with Crippen LogP contribution in [0.3, 0.4) is 0 Å². The quantitative estimate of drug-likeness (QED) is 0.839. The Morgan fingerprint density at radius 1 is 1.22 bits per heavy atom. The van der Waals surface area contributed by atoms with Gasteiger partial charge in [-0.3, -0.25) is 0 Å². The molecule has 8 heteroatoms. The van der Waals surface area contributed by atoms with Crippen molar-refractivity contribution in [3.05, 3.63) is 23.8 Å². The van der Waals surface area contributed by atoms with Crippen molar-refractivity contribution in [1.82, 2.24) is 10.2 Å². The third-order valence-electron chi connectivity index (χ3n) is 5.55. The van der Waals surface area contributed by atoms with Crippen LogP contribution in [0.1, 0.15) is 38.7 Å². The van der Waals surface area contributed by atoms with Crippen LogP contribution in [0.25, 0.3) is 0 Å². The molecule has 0 aromatic heterocycles. The van der Waals surface area contributed by atoms with Crippen molar-refractivity contribution in [1.29, 1.82) is 0 Å². The highest BCUT2D eigenvalue weighted by Gasteiger charge is 2.36. The highest BCUT2D eigenvalue weighted by atomic mass is 19.4. The number of ether oxygens (including phenoxy) is 2. The summed E-state index contributed by atoms with van der Waals surface area (Å²) in [6.45, 7) is 3.23. The maximum absolute atomic E-state index is 12.6. The molecule has 0 bridgehead atoms. The molecule has 1 aliphatic heterocycles. The lowest BCUT2D eigenvalue weighted by Crippen LogP contribution is -2.52. The lowest BCUT2D eigenvalue weighted by molar-refractivity contribution is -0.123. The van der Waals surface area contributed by atoms with E-state index in [1.54, 1.807) is 17.0 Å². The number of carbonyl (C=O) groups excluding carboxylic acids is 1. The molecule has 3 atom stereocenters. The highest BCUT2D eigenvalue weighted by molar-refractivity contribution is 5.74. The van der Waals surface area contributed by atoms with E-state index >= 15 is 0 Å². The van der Waals surface area contributed by atoms with E-state index in [9.17, 15) is 18.0 Å². The smallest absolute Gasteiger partial charge is 0.405 e. The number of carbonyl (C=O) groups is 1. The van der Waals surface area contributed by atoms with Gasteiger partial charge in [-0.25, -0.2) is 4.79 Å². The number of benzene rings is 1. The second-order valence-corrected chi connectivity index (χ2v) is 7.42. The minimum Gasteiger partial charge on any atom is -0.454 e. The van der Waals surface area contributed by atoms with Crippen molar-refractivity contribution in [2.45, 2.75) is 51.9 Å². The Kier molecular flexibility index (Phi) is 5.72. The molecule has 2 aliphatic rings. The van der Waals surface area contributed by atoms with Gasteiger partial charge in [0.25, 0.3) is 0 Å². The molecule has 0 radical (unpaired) electrons. The molecule has 2 amide bonds. The zero-order valence-corrected chi connectivity index (χ0v) is 15.5. The molecule has 1 fully saturated rings. The van der Waals surface area contributed by atoms with Gasteiger partial charge in [0.2, 0.25) is 6.79 Å². The van der Waals surface area contributed by atoms with E-state index in [0.717, 1.165) is 24.8 Å². The second-order valence-electron chi connectivity index (χ2n) is 7.42. The van der Waals surface area contributed by atoms with Gasteiger partial charge in [-0.1, -0.05) is 32.8 Å². The van der Waals surface area contributed by atoms with Gasteiger partial charge in [-0.15, -0.1) is 0 Å². The van der Waals surface area contributed by atoms with E-state index in [0.29, 0.717) is 17.4 Å². The fourth-order valence-corrected chi connectivity index (χ4v) is 3.85. The molecule has 27 heavy (non-hydrogen) atoms. The fraction of sp³-hybridized carbons (Fsp3) is 0.632. The van der Waals surface area contributed by atoms with Crippen molar-refractivity contribution >= 4 is 6.03 Å². The van der Waals surface area contributed by atoms with Crippen molar-refractivity contribution < 1.29 is 27.4 Å². The monoisotopic (exact) mass is 386 g/mol. The minimum atomic E-state index is -4.44. The molecule has 0 saturated heterocycles. The van der Waals surface area contributed by atoms with E-state index in [4.69, 9.17) is 9.47 Å². The number of halogens is 3. The SMILES string of the molecule is C[C@@H]1[C@H](C)CCC[C@@H]1N(Cc1ccc2c(c1)OCO2)C(=O)NCC(F)(F)F. The second kappa shape index (κ2) is 7.86. The summed E-state index contributed by atoms with van der Waals surface area (Å²) in [7, 11) is 0. The molecule has 3 rings (SSSR count). The number of hydrogen-bond donors (Lipinski definition) is 1. The maximum Gasteiger partial charge on any atom is 0.405 e. The van der Waals surface area contributed by atoms with E-state index < -0.39 is 18.8 Å². The van der Waals surface area contributed by atoms with Crippen LogP contribution >= 0.6 is 0 Å². The summed E-state index contributed by atoms with van der Waals surface area (Å²) in [6.07, 6.45) is -1.62. The van der Waals surface area contributed by atoms with E-state index in [-0.39, 0.29) is 25.3 Å². The summed E-state index contributed by atoms with van der Waals surface area (Å²) in [5, 5.41) is 2.03. The molecule has 150 valence electrons. The van der Waals surface area contributed by atoms with Crippen LogP contribution in [0.2, 0.25) is 0 Å². The third kappa shape index (κ3) is 4.78.